The smallest absolute Gasteiger partial charge is 0.336 e. The number of hydrogen-bond donors (Lipinski definition) is 2. The molecule has 0 saturated carbocycles. The van der Waals surface area contributed by atoms with E-state index in [1.807, 2.05) is 0 Å². The van der Waals surface area contributed by atoms with Crippen LogP contribution >= 0.6 is 11.6 Å². The predicted octanol–water partition coefficient (Wildman–Crippen LogP) is 3.49. The van der Waals surface area contributed by atoms with Gasteiger partial charge in [-0.2, -0.15) is 0 Å². The predicted molar refractivity (Wildman–Crippen MR) is 79.1 cm³/mol. The zero-order valence-corrected chi connectivity index (χ0v) is 11.4. The maximum absolute atomic E-state index is 11.1. The van der Waals surface area contributed by atoms with Crippen molar-refractivity contribution in [2.45, 2.75) is 0 Å². The minimum absolute atomic E-state index is 0.0133. The molecule has 0 bridgehead atoms. The Hall–Kier alpha value is -2.66. The number of aromatic carboxylic acids is 2. The van der Waals surface area contributed by atoms with Gasteiger partial charge in [0.25, 0.3) is 0 Å². The molecule has 5 nitrogen and oxygen atoms in total. The molecule has 2 rings (SSSR count). The Labute approximate surface area is 125 Å². The van der Waals surface area contributed by atoms with E-state index in [2.05, 4.69) is 4.99 Å². The summed E-state index contributed by atoms with van der Waals surface area (Å²) in [6.45, 7) is 0. The number of benzene rings is 2. The molecule has 0 spiro atoms. The number of para-hydroxylation sites is 1. The Morgan fingerprint density at radius 1 is 1.05 bits per heavy atom. The van der Waals surface area contributed by atoms with Gasteiger partial charge in [0.15, 0.2) is 0 Å². The fourth-order valence-corrected chi connectivity index (χ4v) is 1.88. The van der Waals surface area contributed by atoms with Gasteiger partial charge in [-0.05, 0) is 30.3 Å². The first kappa shape index (κ1) is 14.7. The molecule has 0 atom stereocenters. The Bertz CT molecular complexity index is 740. The number of carbonyl (C=O) groups is 2. The summed E-state index contributed by atoms with van der Waals surface area (Å²) in [5, 5.41) is 18.5. The van der Waals surface area contributed by atoms with Gasteiger partial charge < -0.3 is 10.2 Å². The second-order valence-corrected chi connectivity index (χ2v) is 4.53. The van der Waals surface area contributed by atoms with Crippen LogP contribution in [0.4, 0.5) is 5.69 Å². The molecule has 0 saturated heterocycles. The van der Waals surface area contributed by atoms with E-state index in [4.69, 9.17) is 21.8 Å². The van der Waals surface area contributed by atoms with Crippen LogP contribution < -0.4 is 0 Å². The molecule has 0 aliphatic heterocycles. The van der Waals surface area contributed by atoms with Crippen molar-refractivity contribution in [3.63, 3.8) is 0 Å². The summed E-state index contributed by atoms with van der Waals surface area (Å²) < 4.78 is 0. The first-order valence-corrected chi connectivity index (χ1v) is 6.26. The molecule has 2 aromatic carbocycles. The second-order valence-electron chi connectivity index (χ2n) is 4.12. The highest BCUT2D eigenvalue weighted by Gasteiger charge is 2.12. The fourth-order valence-electron chi connectivity index (χ4n) is 1.69. The molecule has 2 aromatic rings. The third-order valence-corrected chi connectivity index (χ3v) is 3.04. The zero-order valence-electron chi connectivity index (χ0n) is 10.7. The van der Waals surface area contributed by atoms with Crippen LogP contribution in [-0.4, -0.2) is 28.4 Å². The van der Waals surface area contributed by atoms with Crippen molar-refractivity contribution in [1.82, 2.24) is 0 Å². The van der Waals surface area contributed by atoms with Crippen molar-refractivity contribution in [3.8, 4) is 0 Å². The molecule has 0 amide bonds. The molecule has 0 fully saturated rings. The summed E-state index contributed by atoms with van der Waals surface area (Å²) in [5.41, 5.74) is 0.620. The second kappa shape index (κ2) is 6.19. The maximum Gasteiger partial charge on any atom is 0.336 e. The average Bonchev–Trinajstić information content (AvgIpc) is 2.46. The number of aliphatic imine (C=N–C) groups is 1. The molecule has 21 heavy (non-hydrogen) atoms. The van der Waals surface area contributed by atoms with Crippen LogP contribution in [0.5, 0.6) is 0 Å². The highest BCUT2D eigenvalue weighted by Crippen LogP contribution is 2.23. The van der Waals surface area contributed by atoms with Gasteiger partial charge in [0, 0.05) is 11.8 Å². The maximum atomic E-state index is 11.1. The SMILES string of the molecule is O=C(O)c1ccc(C(=O)O)c(/C=N/c2ccccc2Cl)c1. The summed E-state index contributed by atoms with van der Waals surface area (Å²) in [7, 11) is 0. The first-order chi connectivity index (χ1) is 9.99. The summed E-state index contributed by atoms with van der Waals surface area (Å²) in [4.78, 5) is 26.2. The van der Waals surface area contributed by atoms with Gasteiger partial charge in [-0.3, -0.25) is 4.99 Å². The topological polar surface area (TPSA) is 87.0 Å². The lowest BCUT2D eigenvalue weighted by Gasteiger charge is -2.03. The molecule has 0 aliphatic rings. The summed E-state index contributed by atoms with van der Waals surface area (Å²) in [6.07, 6.45) is 1.29. The highest BCUT2D eigenvalue weighted by molar-refractivity contribution is 6.33. The Balaban J connectivity index is 2.46. The van der Waals surface area contributed by atoms with Crippen molar-refractivity contribution >= 4 is 35.4 Å². The van der Waals surface area contributed by atoms with E-state index in [1.54, 1.807) is 24.3 Å². The minimum atomic E-state index is -1.16. The summed E-state index contributed by atoms with van der Waals surface area (Å²) in [5.74, 6) is -2.30. The third-order valence-electron chi connectivity index (χ3n) is 2.72. The lowest BCUT2D eigenvalue weighted by molar-refractivity contribution is 0.0681. The van der Waals surface area contributed by atoms with Gasteiger partial charge in [0.05, 0.1) is 21.8 Å². The van der Waals surface area contributed by atoms with Gasteiger partial charge in [0.2, 0.25) is 0 Å². The fraction of sp³-hybridized carbons (Fsp3) is 0. The molecular weight excluding hydrogens is 294 g/mol. The molecule has 0 aliphatic carbocycles. The lowest BCUT2D eigenvalue weighted by Crippen LogP contribution is -2.05. The molecule has 0 unspecified atom stereocenters. The van der Waals surface area contributed by atoms with Crippen molar-refractivity contribution < 1.29 is 19.8 Å². The molecule has 106 valence electrons. The first-order valence-electron chi connectivity index (χ1n) is 5.88. The normalized spacial score (nSPS) is 10.7. The van der Waals surface area contributed by atoms with Crippen molar-refractivity contribution in [1.29, 1.82) is 0 Å². The van der Waals surface area contributed by atoms with Gasteiger partial charge in [-0.15, -0.1) is 0 Å². The van der Waals surface area contributed by atoms with E-state index in [9.17, 15) is 9.59 Å². The van der Waals surface area contributed by atoms with Crippen molar-refractivity contribution in [2.75, 3.05) is 0 Å². The van der Waals surface area contributed by atoms with Crippen LogP contribution in [0, 0.1) is 0 Å². The largest absolute Gasteiger partial charge is 0.478 e. The van der Waals surface area contributed by atoms with Crippen LogP contribution in [0.1, 0.15) is 26.3 Å². The number of hydrogen-bond acceptors (Lipinski definition) is 3. The number of rotatable bonds is 4. The van der Waals surface area contributed by atoms with E-state index >= 15 is 0 Å². The Kier molecular flexibility index (Phi) is 4.35. The number of halogens is 1. The standard InChI is InChI=1S/C15H10ClNO4/c16-12-3-1-2-4-13(12)17-8-10-7-9(14(18)19)5-6-11(10)15(20)21/h1-8H,(H,18,19)(H,20,21)/b17-8+. The molecular formula is C15H10ClNO4. The molecule has 2 N–H and O–H groups in total. The van der Waals surface area contributed by atoms with Gasteiger partial charge >= 0.3 is 11.9 Å². The van der Waals surface area contributed by atoms with Crippen LogP contribution in [0.2, 0.25) is 5.02 Å². The van der Waals surface area contributed by atoms with Crippen LogP contribution in [-0.2, 0) is 0 Å². The van der Waals surface area contributed by atoms with E-state index in [0.717, 1.165) is 0 Å². The minimum Gasteiger partial charge on any atom is -0.478 e. The average molecular weight is 304 g/mol. The van der Waals surface area contributed by atoms with Crippen LogP contribution in [0.15, 0.2) is 47.5 Å². The molecule has 0 aromatic heterocycles. The molecule has 6 heteroatoms. The Morgan fingerprint density at radius 2 is 1.76 bits per heavy atom. The zero-order chi connectivity index (χ0) is 15.4. The van der Waals surface area contributed by atoms with E-state index in [0.29, 0.717) is 10.7 Å². The van der Waals surface area contributed by atoms with Crippen LogP contribution in [0.25, 0.3) is 0 Å². The van der Waals surface area contributed by atoms with Crippen molar-refractivity contribution in [3.05, 3.63) is 64.2 Å². The number of carboxylic acids is 2. The summed E-state index contributed by atoms with van der Waals surface area (Å²) in [6, 6.07) is 10.5. The van der Waals surface area contributed by atoms with Crippen molar-refractivity contribution in [2.24, 2.45) is 4.99 Å². The summed E-state index contributed by atoms with van der Waals surface area (Å²) >= 11 is 5.95. The van der Waals surface area contributed by atoms with Gasteiger partial charge in [-0.25, -0.2) is 9.59 Å². The number of carboxylic acid groups (broad SMARTS) is 2. The Morgan fingerprint density at radius 3 is 2.38 bits per heavy atom. The van der Waals surface area contributed by atoms with Crippen LogP contribution in [0.3, 0.4) is 0 Å². The highest BCUT2D eigenvalue weighted by atomic mass is 35.5. The van der Waals surface area contributed by atoms with E-state index in [1.165, 1.54) is 24.4 Å². The van der Waals surface area contributed by atoms with E-state index in [-0.39, 0.29) is 16.7 Å². The molecule has 0 heterocycles. The monoisotopic (exact) mass is 303 g/mol. The lowest BCUT2D eigenvalue weighted by atomic mass is 10.0. The van der Waals surface area contributed by atoms with Gasteiger partial charge in [0.1, 0.15) is 0 Å². The van der Waals surface area contributed by atoms with E-state index < -0.39 is 11.9 Å². The third kappa shape index (κ3) is 3.46. The molecule has 0 radical (unpaired) electrons. The quantitative estimate of drug-likeness (QED) is 0.846. The van der Waals surface area contributed by atoms with Gasteiger partial charge in [-0.1, -0.05) is 23.7 Å². The number of nitrogens with zero attached hydrogens (tertiary/aromatic N) is 1.